The molecule has 124 valence electrons. The second kappa shape index (κ2) is 6.76. The number of carbonyl (C=O) groups is 2. The Hall–Kier alpha value is -0.786. The number of hydrogen-bond donors (Lipinski definition) is 0. The Labute approximate surface area is 137 Å². The fourth-order valence-electron chi connectivity index (χ4n) is 2.57. The molecule has 3 nitrogen and oxygen atoms in total. The van der Waals surface area contributed by atoms with Gasteiger partial charge in [-0.05, 0) is 41.4 Å². The molecule has 1 fully saturated rings. The molecule has 1 unspecified atom stereocenters. The summed E-state index contributed by atoms with van der Waals surface area (Å²) in [6, 6.07) is 0. The largest absolute Gasteiger partial charge is 0.410 e. The van der Waals surface area contributed by atoms with Gasteiger partial charge in [-0.1, -0.05) is 39.6 Å². The third-order valence-corrected chi connectivity index (χ3v) is 12.8. The van der Waals surface area contributed by atoms with Gasteiger partial charge in [-0.15, -0.1) is 0 Å². The van der Waals surface area contributed by atoms with Crippen molar-refractivity contribution in [2.75, 3.05) is 0 Å². The van der Waals surface area contributed by atoms with Crippen molar-refractivity contribution < 1.29 is 14.0 Å². The van der Waals surface area contributed by atoms with Crippen molar-refractivity contribution in [1.82, 2.24) is 0 Å². The molecule has 1 saturated heterocycles. The van der Waals surface area contributed by atoms with Crippen molar-refractivity contribution >= 4 is 29.0 Å². The molecule has 5 heteroatoms. The van der Waals surface area contributed by atoms with Gasteiger partial charge in [-0.3, -0.25) is 9.59 Å². The van der Waals surface area contributed by atoms with Crippen molar-refractivity contribution in [1.29, 1.82) is 0 Å². The highest BCUT2D eigenvalue weighted by atomic mass is 28.4. The van der Waals surface area contributed by atoms with E-state index < -0.39 is 16.4 Å². The Kier molecular flexibility index (Phi) is 5.92. The number of hydrogen-bond acceptors (Lipinski definition) is 3. The standard InChI is InChI=1S/C17H30O3Si2/c1-17(2,3)21(4,5)13-14(12-19)10-15-11-16(8-9-18)22(6,7)20-15/h8-9,12-13,15H,10-11H2,1-7H3/b14-13-,16-8+. The van der Waals surface area contributed by atoms with E-state index in [4.69, 9.17) is 4.43 Å². The van der Waals surface area contributed by atoms with Crippen LogP contribution in [0.25, 0.3) is 0 Å². The maximum atomic E-state index is 11.5. The molecule has 0 spiro atoms. The lowest BCUT2D eigenvalue weighted by molar-refractivity contribution is -0.105. The van der Waals surface area contributed by atoms with Crippen LogP contribution in [0.3, 0.4) is 0 Å². The minimum atomic E-state index is -1.93. The molecule has 0 saturated carbocycles. The third-order valence-electron chi connectivity index (χ3n) is 5.05. The van der Waals surface area contributed by atoms with Crippen LogP contribution >= 0.6 is 0 Å². The second-order valence-corrected chi connectivity index (χ2v) is 17.4. The Bertz CT molecular complexity index is 497. The molecule has 1 rings (SSSR count). The zero-order valence-electron chi connectivity index (χ0n) is 15.0. The van der Waals surface area contributed by atoms with E-state index in [9.17, 15) is 9.59 Å². The lowest BCUT2D eigenvalue weighted by Gasteiger charge is -2.34. The van der Waals surface area contributed by atoms with Gasteiger partial charge < -0.3 is 4.43 Å². The van der Waals surface area contributed by atoms with Crippen molar-refractivity contribution in [2.45, 2.75) is 70.9 Å². The van der Waals surface area contributed by atoms with E-state index in [0.717, 1.165) is 29.8 Å². The minimum absolute atomic E-state index is 0.0362. The van der Waals surface area contributed by atoms with Gasteiger partial charge in [0.1, 0.15) is 12.6 Å². The van der Waals surface area contributed by atoms with Crippen LogP contribution in [0.5, 0.6) is 0 Å². The van der Waals surface area contributed by atoms with Crippen molar-refractivity contribution in [3.05, 3.63) is 22.5 Å². The first-order chi connectivity index (χ1) is 9.93. The van der Waals surface area contributed by atoms with Crippen molar-refractivity contribution in [3.8, 4) is 0 Å². The lowest BCUT2D eigenvalue weighted by atomic mass is 10.1. The Morgan fingerprint density at radius 1 is 1.32 bits per heavy atom. The van der Waals surface area contributed by atoms with Crippen LogP contribution in [-0.4, -0.2) is 35.1 Å². The van der Waals surface area contributed by atoms with Crippen LogP contribution < -0.4 is 0 Å². The Morgan fingerprint density at radius 2 is 1.91 bits per heavy atom. The molecule has 1 aliphatic heterocycles. The predicted molar refractivity (Wildman–Crippen MR) is 97.1 cm³/mol. The van der Waals surface area contributed by atoms with Crippen LogP contribution in [0, 0.1) is 0 Å². The zero-order valence-corrected chi connectivity index (χ0v) is 17.0. The zero-order chi connectivity index (χ0) is 17.2. The van der Waals surface area contributed by atoms with E-state index in [1.807, 2.05) is 0 Å². The maximum absolute atomic E-state index is 11.5. The van der Waals surface area contributed by atoms with Crippen molar-refractivity contribution in [3.63, 3.8) is 0 Å². The summed E-state index contributed by atoms with van der Waals surface area (Å²) in [6.07, 6.45) is 4.96. The average Bonchev–Trinajstić information content (AvgIpc) is 2.62. The number of rotatable bonds is 5. The van der Waals surface area contributed by atoms with E-state index in [1.165, 1.54) is 0 Å². The molecule has 22 heavy (non-hydrogen) atoms. The average molecular weight is 339 g/mol. The lowest BCUT2D eigenvalue weighted by Crippen LogP contribution is -2.36. The molecular formula is C17H30O3Si2. The van der Waals surface area contributed by atoms with E-state index in [0.29, 0.717) is 6.42 Å². The highest BCUT2D eigenvalue weighted by molar-refractivity contribution is 6.85. The summed E-state index contributed by atoms with van der Waals surface area (Å²) < 4.78 is 6.17. The van der Waals surface area contributed by atoms with Gasteiger partial charge in [0.15, 0.2) is 0 Å². The molecular weight excluding hydrogens is 308 g/mol. The molecule has 0 amide bonds. The highest BCUT2D eigenvalue weighted by Gasteiger charge is 2.40. The van der Waals surface area contributed by atoms with Crippen LogP contribution in [0.1, 0.15) is 33.6 Å². The Morgan fingerprint density at radius 3 is 2.36 bits per heavy atom. The van der Waals surface area contributed by atoms with Gasteiger partial charge in [-0.2, -0.15) is 0 Å². The molecule has 0 radical (unpaired) electrons. The topological polar surface area (TPSA) is 43.4 Å². The maximum Gasteiger partial charge on any atom is 0.214 e. The molecule has 0 bridgehead atoms. The quantitative estimate of drug-likeness (QED) is 0.428. The van der Waals surface area contributed by atoms with E-state index in [-0.39, 0.29) is 11.1 Å². The molecule has 1 heterocycles. The molecule has 0 aromatic carbocycles. The third kappa shape index (κ3) is 4.60. The summed E-state index contributed by atoms with van der Waals surface area (Å²) in [5.41, 5.74) is 3.08. The molecule has 0 aromatic rings. The summed E-state index contributed by atoms with van der Waals surface area (Å²) in [4.78, 5) is 22.3. The summed E-state index contributed by atoms with van der Waals surface area (Å²) >= 11 is 0. The number of aldehydes is 2. The van der Waals surface area contributed by atoms with Crippen molar-refractivity contribution in [2.24, 2.45) is 0 Å². The van der Waals surface area contributed by atoms with Crippen LogP contribution in [0.4, 0.5) is 0 Å². The van der Waals surface area contributed by atoms with Gasteiger partial charge in [0.2, 0.25) is 8.32 Å². The SMILES string of the molecule is CC(C)(C)[Si](C)(C)/C=C(\C=O)CC1C/C(=C\C=O)[Si](C)(C)O1. The normalized spacial score (nSPS) is 24.6. The summed E-state index contributed by atoms with van der Waals surface area (Å²) in [5.74, 6) is 0. The molecule has 0 aliphatic carbocycles. The fourth-order valence-corrected chi connectivity index (χ4v) is 6.46. The van der Waals surface area contributed by atoms with Crippen LogP contribution in [-0.2, 0) is 14.0 Å². The summed E-state index contributed by atoms with van der Waals surface area (Å²) in [7, 11) is -3.57. The first-order valence-electron chi connectivity index (χ1n) is 7.92. The highest BCUT2D eigenvalue weighted by Crippen LogP contribution is 2.39. The van der Waals surface area contributed by atoms with Crippen LogP contribution in [0.15, 0.2) is 22.5 Å². The molecule has 1 aliphatic rings. The van der Waals surface area contributed by atoms with Gasteiger partial charge >= 0.3 is 0 Å². The molecule has 1 atom stereocenters. The number of carbonyl (C=O) groups excluding carboxylic acids is 2. The molecule has 0 N–H and O–H groups in total. The minimum Gasteiger partial charge on any atom is -0.410 e. The van der Waals surface area contributed by atoms with E-state index in [2.05, 4.69) is 52.7 Å². The van der Waals surface area contributed by atoms with Gasteiger partial charge in [0.25, 0.3) is 0 Å². The molecule has 0 aromatic heterocycles. The predicted octanol–water partition coefficient (Wildman–Crippen LogP) is 4.21. The van der Waals surface area contributed by atoms with Gasteiger partial charge in [0.05, 0.1) is 14.2 Å². The van der Waals surface area contributed by atoms with E-state index in [1.54, 1.807) is 6.08 Å². The number of allylic oxidation sites excluding steroid dienone is 1. The smallest absolute Gasteiger partial charge is 0.214 e. The van der Waals surface area contributed by atoms with E-state index >= 15 is 0 Å². The summed E-state index contributed by atoms with van der Waals surface area (Å²) in [5, 5.41) is 1.36. The fraction of sp³-hybridized carbons (Fsp3) is 0.647. The Balaban J connectivity index is 2.92. The monoisotopic (exact) mass is 338 g/mol. The second-order valence-electron chi connectivity index (χ2n) is 8.30. The van der Waals surface area contributed by atoms with Gasteiger partial charge in [-0.25, -0.2) is 0 Å². The first-order valence-corrected chi connectivity index (χ1v) is 13.9. The first kappa shape index (κ1) is 19.3. The van der Waals surface area contributed by atoms with Crippen LogP contribution in [0.2, 0.25) is 31.2 Å². The van der Waals surface area contributed by atoms with Gasteiger partial charge in [0, 0.05) is 6.42 Å². The summed E-state index contributed by atoms with van der Waals surface area (Å²) in [6.45, 7) is 15.5.